The smallest absolute Gasteiger partial charge is 0.232 e. The van der Waals surface area contributed by atoms with Crippen molar-refractivity contribution in [2.75, 3.05) is 18.6 Å². The minimum atomic E-state index is -0.511. The lowest BCUT2D eigenvalue weighted by molar-refractivity contribution is -0.117. The van der Waals surface area contributed by atoms with Crippen molar-refractivity contribution in [3.8, 4) is 17.1 Å². The first-order chi connectivity index (χ1) is 13.5. The number of methoxy groups -OCH3 is 1. The second-order valence-corrected chi connectivity index (χ2v) is 7.07. The number of aromatic nitrogens is 2. The summed E-state index contributed by atoms with van der Waals surface area (Å²) in [5, 5.41) is 4.45. The number of halogens is 2. The average molecular weight is 402 g/mol. The molecule has 2 aromatic carbocycles. The van der Waals surface area contributed by atoms with E-state index in [4.69, 9.17) is 20.9 Å². The largest absolute Gasteiger partial charge is 0.494 e. The Bertz CT molecular complexity index is 1050. The van der Waals surface area contributed by atoms with Gasteiger partial charge >= 0.3 is 0 Å². The molecular weight excluding hydrogens is 385 g/mol. The maximum Gasteiger partial charge on any atom is 0.232 e. The number of carbonyl (C=O) groups excluding carboxylic acids is 1. The van der Waals surface area contributed by atoms with Gasteiger partial charge in [0.05, 0.1) is 23.7 Å². The van der Waals surface area contributed by atoms with E-state index >= 15 is 0 Å². The van der Waals surface area contributed by atoms with E-state index in [-0.39, 0.29) is 29.8 Å². The molecule has 0 aliphatic carbocycles. The number of ether oxygens (including phenoxy) is 1. The Balaban J connectivity index is 1.56. The van der Waals surface area contributed by atoms with Gasteiger partial charge in [0, 0.05) is 18.5 Å². The number of carbonyl (C=O) groups is 1. The van der Waals surface area contributed by atoms with Gasteiger partial charge in [-0.25, -0.2) is 4.39 Å². The number of amides is 1. The van der Waals surface area contributed by atoms with E-state index in [9.17, 15) is 9.18 Å². The summed E-state index contributed by atoms with van der Waals surface area (Å²) in [5.74, 6) is -0.0941. The van der Waals surface area contributed by atoms with E-state index in [0.29, 0.717) is 28.7 Å². The first-order valence-corrected chi connectivity index (χ1v) is 9.08. The van der Waals surface area contributed by atoms with E-state index in [1.54, 1.807) is 11.0 Å². The fourth-order valence-electron chi connectivity index (χ4n) is 3.26. The molecule has 28 heavy (non-hydrogen) atoms. The van der Waals surface area contributed by atoms with Crippen LogP contribution in [0.3, 0.4) is 0 Å². The zero-order chi connectivity index (χ0) is 19.8. The van der Waals surface area contributed by atoms with Gasteiger partial charge in [0.25, 0.3) is 0 Å². The molecule has 4 rings (SSSR count). The van der Waals surface area contributed by atoms with Crippen molar-refractivity contribution in [2.45, 2.75) is 19.3 Å². The second-order valence-electron chi connectivity index (χ2n) is 6.67. The van der Waals surface area contributed by atoms with Gasteiger partial charge in [0.1, 0.15) is 0 Å². The van der Waals surface area contributed by atoms with E-state index in [0.717, 1.165) is 5.56 Å². The summed E-state index contributed by atoms with van der Waals surface area (Å²) in [6, 6.07) is 9.99. The van der Waals surface area contributed by atoms with Gasteiger partial charge in [0.2, 0.25) is 17.6 Å². The maximum absolute atomic E-state index is 13.9. The average Bonchev–Trinajstić information content (AvgIpc) is 3.29. The lowest BCUT2D eigenvalue weighted by atomic mass is 10.1. The van der Waals surface area contributed by atoms with Crippen molar-refractivity contribution in [3.63, 3.8) is 0 Å². The summed E-state index contributed by atoms with van der Waals surface area (Å²) < 4.78 is 24.2. The number of nitrogens with zero attached hydrogens (tertiary/aromatic N) is 3. The Morgan fingerprint density at radius 1 is 1.29 bits per heavy atom. The van der Waals surface area contributed by atoms with Gasteiger partial charge in [-0.1, -0.05) is 22.8 Å². The van der Waals surface area contributed by atoms with Crippen LogP contribution < -0.4 is 9.64 Å². The molecule has 1 aliphatic rings. The van der Waals surface area contributed by atoms with E-state index in [2.05, 4.69) is 10.1 Å². The highest BCUT2D eigenvalue weighted by atomic mass is 35.5. The van der Waals surface area contributed by atoms with Crippen molar-refractivity contribution in [1.82, 2.24) is 10.1 Å². The summed E-state index contributed by atoms with van der Waals surface area (Å²) >= 11 is 6.30. The molecule has 1 fully saturated rings. The second kappa shape index (κ2) is 7.24. The zero-order valence-electron chi connectivity index (χ0n) is 15.3. The first-order valence-electron chi connectivity index (χ1n) is 8.70. The highest BCUT2D eigenvalue weighted by Crippen LogP contribution is 2.35. The molecule has 144 valence electrons. The predicted molar refractivity (Wildman–Crippen MR) is 102 cm³/mol. The third kappa shape index (κ3) is 3.33. The van der Waals surface area contributed by atoms with Gasteiger partial charge in [-0.3, -0.25) is 4.79 Å². The summed E-state index contributed by atoms with van der Waals surface area (Å²) in [6.45, 7) is 2.33. The van der Waals surface area contributed by atoms with Crippen LogP contribution in [0.5, 0.6) is 5.75 Å². The van der Waals surface area contributed by atoms with Crippen LogP contribution in [0.2, 0.25) is 5.02 Å². The minimum absolute atomic E-state index is 0.0639. The lowest BCUT2D eigenvalue weighted by Gasteiger charge is -2.18. The molecule has 1 unspecified atom stereocenters. The molecule has 1 atom stereocenters. The van der Waals surface area contributed by atoms with E-state index in [1.165, 1.54) is 19.2 Å². The zero-order valence-corrected chi connectivity index (χ0v) is 16.0. The molecule has 6 nitrogen and oxygen atoms in total. The van der Waals surface area contributed by atoms with Gasteiger partial charge in [0.15, 0.2) is 11.6 Å². The molecule has 0 spiro atoms. The standard InChI is InChI=1S/C20H17ClFN3O3/c1-11-3-5-16(14(21)7-11)25-10-13(9-18(25)26)20-23-19(24-28-20)12-4-6-17(27-2)15(22)8-12/h3-8,13H,9-10H2,1-2H3. The molecule has 2 heterocycles. The highest BCUT2D eigenvalue weighted by Gasteiger charge is 2.36. The molecule has 0 radical (unpaired) electrons. The Morgan fingerprint density at radius 2 is 2.11 bits per heavy atom. The topological polar surface area (TPSA) is 68.5 Å². The maximum atomic E-state index is 13.9. The number of benzene rings is 2. The summed E-state index contributed by atoms with van der Waals surface area (Å²) in [7, 11) is 1.40. The lowest BCUT2D eigenvalue weighted by Crippen LogP contribution is -2.24. The van der Waals surface area contributed by atoms with Gasteiger partial charge < -0.3 is 14.2 Å². The summed E-state index contributed by atoms with van der Waals surface area (Å²) in [4.78, 5) is 18.5. The van der Waals surface area contributed by atoms with Crippen LogP contribution >= 0.6 is 11.6 Å². The third-order valence-corrected chi connectivity index (χ3v) is 5.02. The number of anilines is 1. The SMILES string of the molecule is COc1ccc(-c2noc(C3CC(=O)N(c4ccc(C)cc4Cl)C3)n2)cc1F. The van der Waals surface area contributed by atoms with Crippen LogP contribution in [0.1, 0.15) is 23.8 Å². The van der Waals surface area contributed by atoms with Crippen LogP contribution in [-0.4, -0.2) is 29.7 Å². The Morgan fingerprint density at radius 3 is 2.82 bits per heavy atom. The fraction of sp³-hybridized carbons (Fsp3) is 0.250. The molecule has 1 aromatic heterocycles. The molecule has 0 bridgehead atoms. The third-order valence-electron chi connectivity index (χ3n) is 4.72. The quantitative estimate of drug-likeness (QED) is 0.649. The van der Waals surface area contributed by atoms with Crippen LogP contribution in [0.15, 0.2) is 40.9 Å². The van der Waals surface area contributed by atoms with E-state index < -0.39 is 5.82 Å². The normalized spacial score (nSPS) is 16.6. The molecule has 3 aromatic rings. The molecule has 1 amide bonds. The van der Waals surface area contributed by atoms with E-state index in [1.807, 2.05) is 25.1 Å². The van der Waals surface area contributed by atoms with Crippen molar-refractivity contribution in [2.24, 2.45) is 0 Å². The first kappa shape index (κ1) is 18.4. The minimum Gasteiger partial charge on any atom is -0.494 e. The van der Waals surface area contributed by atoms with Crippen LogP contribution in [0, 0.1) is 12.7 Å². The molecule has 1 aliphatic heterocycles. The highest BCUT2D eigenvalue weighted by molar-refractivity contribution is 6.34. The molecule has 8 heteroatoms. The monoisotopic (exact) mass is 401 g/mol. The summed E-state index contributed by atoms with van der Waals surface area (Å²) in [6.07, 6.45) is 0.239. The molecule has 0 N–H and O–H groups in total. The summed E-state index contributed by atoms with van der Waals surface area (Å²) in [5.41, 5.74) is 2.15. The molecule has 1 saturated heterocycles. The molecule has 0 saturated carbocycles. The number of rotatable bonds is 4. The van der Waals surface area contributed by atoms with Gasteiger partial charge in [-0.15, -0.1) is 0 Å². The van der Waals surface area contributed by atoms with Crippen molar-refractivity contribution in [3.05, 3.63) is 58.7 Å². The van der Waals surface area contributed by atoms with Crippen LogP contribution in [0.25, 0.3) is 11.4 Å². The Kier molecular flexibility index (Phi) is 4.77. The van der Waals surface area contributed by atoms with Crippen LogP contribution in [-0.2, 0) is 4.79 Å². The van der Waals surface area contributed by atoms with Gasteiger partial charge in [-0.05, 0) is 42.8 Å². The molecular formula is C20H17ClFN3O3. The van der Waals surface area contributed by atoms with Crippen LogP contribution in [0.4, 0.5) is 10.1 Å². The Hall–Kier alpha value is -2.93. The Labute approximate surface area is 165 Å². The number of hydrogen-bond donors (Lipinski definition) is 0. The number of aryl methyl sites for hydroxylation is 1. The van der Waals surface area contributed by atoms with Crippen molar-refractivity contribution in [1.29, 1.82) is 0 Å². The fourth-order valence-corrected chi connectivity index (χ4v) is 3.60. The number of hydrogen-bond acceptors (Lipinski definition) is 5. The van der Waals surface area contributed by atoms with Crippen molar-refractivity contribution < 1.29 is 18.4 Å². The van der Waals surface area contributed by atoms with Crippen molar-refractivity contribution >= 4 is 23.2 Å². The van der Waals surface area contributed by atoms with Gasteiger partial charge in [-0.2, -0.15) is 4.98 Å². The predicted octanol–water partition coefficient (Wildman–Crippen LogP) is 4.37.